The molecular weight excluding hydrogens is 514 g/mol. The van der Waals surface area contributed by atoms with Crippen molar-refractivity contribution in [1.29, 1.82) is 0 Å². The molecule has 3 rings (SSSR count). The number of anilines is 1. The molecule has 0 radical (unpaired) electrons. The standard InChI is InChI=1S/C22H18Cl4N2O3S/c1-14-5-6-16(24)11-21(14)27-22(29)13-28(12-18-19(25)3-2-4-20(18)26)32(30,31)17-9-7-15(23)8-10-17/h2-11H,12-13H2,1H3,(H,27,29). The van der Waals surface area contributed by atoms with Gasteiger partial charge in [-0.3, -0.25) is 4.79 Å². The van der Waals surface area contributed by atoms with Crippen LogP contribution < -0.4 is 5.32 Å². The van der Waals surface area contributed by atoms with Crippen LogP contribution >= 0.6 is 46.4 Å². The van der Waals surface area contributed by atoms with E-state index < -0.39 is 22.5 Å². The third kappa shape index (κ3) is 5.95. The number of nitrogens with zero attached hydrogens (tertiary/aromatic N) is 1. The van der Waals surface area contributed by atoms with Gasteiger partial charge >= 0.3 is 0 Å². The average Bonchev–Trinajstić information content (AvgIpc) is 2.73. The maximum absolute atomic E-state index is 13.4. The molecule has 0 heterocycles. The van der Waals surface area contributed by atoms with Gasteiger partial charge in [0.25, 0.3) is 0 Å². The van der Waals surface area contributed by atoms with Crippen molar-refractivity contribution in [2.75, 3.05) is 11.9 Å². The number of hydrogen-bond acceptors (Lipinski definition) is 3. The van der Waals surface area contributed by atoms with Gasteiger partial charge in [-0.25, -0.2) is 8.42 Å². The predicted octanol–water partition coefficient (Wildman–Crippen LogP) is 6.44. The summed E-state index contributed by atoms with van der Waals surface area (Å²) < 4.78 is 27.8. The SMILES string of the molecule is Cc1ccc(Cl)cc1NC(=O)CN(Cc1c(Cl)cccc1Cl)S(=O)(=O)c1ccc(Cl)cc1. The first kappa shape index (κ1) is 24.8. The second-order valence-corrected chi connectivity index (χ2v) is 10.6. The highest BCUT2D eigenvalue weighted by Crippen LogP contribution is 2.29. The van der Waals surface area contributed by atoms with Crippen molar-refractivity contribution in [1.82, 2.24) is 4.31 Å². The minimum absolute atomic E-state index is 0.0168. The van der Waals surface area contributed by atoms with E-state index in [0.717, 1.165) is 9.87 Å². The topological polar surface area (TPSA) is 66.5 Å². The maximum Gasteiger partial charge on any atom is 0.243 e. The van der Waals surface area contributed by atoms with E-state index in [9.17, 15) is 13.2 Å². The first-order valence-electron chi connectivity index (χ1n) is 9.32. The van der Waals surface area contributed by atoms with Crippen molar-refractivity contribution in [2.45, 2.75) is 18.4 Å². The fraction of sp³-hybridized carbons (Fsp3) is 0.136. The zero-order chi connectivity index (χ0) is 23.5. The average molecular weight is 532 g/mol. The molecule has 0 aliphatic heterocycles. The fourth-order valence-corrected chi connectivity index (χ4v) is 5.10. The van der Waals surface area contributed by atoms with Crippen LogP contribution in [0.15, 0.2) is 65.6 Å². The Morgan fingerprint density at radius 3 is 2.12 bits per heavy atom. The second-order valence-electron chi connectivity index (χ2n) is 6.93. The summed E-state index contributed by atoms with van der Waals surface area (Å²) in [6, 6.07) is 15.6. The number of amides is 1. The van der Waals surface area contributed by atoms with Crippen molar-refractivity contribution in [3.8, 4) is 0 Å². The van der Waals surface area contributed by atoms with Gasteiger partial charge < -0.3 is 5.32 Å². The van der Waals surface area contributed by atoms with Crippen LogP contribution in [0.4, 0.5) is 5.69 Å². The van der Waals surface area contributed by atoms with E-state index in [2.05, 4.69) is 5.32 Å². The summed E-state index contributed by atoms with van der Waals surface area (Å²) in [4.78, 5) is 12.8. The van der Waals surface area contributed by atoms with Crippen molar-refractivity contribution in [3.63, 3.8) is 0 Å². The van der Waals surface area contributed by atoms with Gasteiger partial charge in [0, 0.05) is 37.9 Å². The van der Waals surface area contributed by atoms with Crippen LogP contribution in [-0.2, 0) is 21.4 Å². The summed E-state index contributed by atoms with van der Waals surface area (Å²) in [5.41, 5.74) is 1.66. The molecule has 0 saturated carbocycles. The number of aryl methyl sites for hydroxylation is 1. The van der Waals surface area contributed by atoms with Gasteiger partial charge in [0.15, 0.2) is 0 Å². The summed E-state index contributed by atoms with van der Waals surface area (Å²) in [5, 5.41) is 4.13. The summed E-state index contributed by atoms with van der Waals surface area (Å²) in [6.45, 7) is 1.13. The van der Waals surface area contributed by atoms with E-state index in [1.165, 1.54) is 24.3 Å². The van der Waals surface area contributed by atoms with Gasteiger partial charge in [0.2, 0.25) is 15.9 Å². The second kappa shape index (κ2) is 10.4. The Labute approximate surface area is 206 Å². The normalized spacial score (nSPS) is 11.6. The highest BCUT2D eigenvalue weighted by Gasteiger charge is 2.28. The van der Waals surface area contributed by atoms with E-state index in [-0.39, 0.29) is 11.4 Å². The van der Waals surface area contributed by atoms with E-state index in [1.54, 1.807) is 43.3 Å². The lowest BCUT2D eigenvalue weighted by Crippen LogP contribution is -2.37. The lowest BCUT2D eigenvalue weighted by atomic mass is 10.2. The van der Waals surface area contributed by atoms with Crippen LogP contribution in [0.1, 0.15) is 11.1 Å². The van der Waals surface area contributed by atoms with E-state index in [1.807, 2.05) is 0 Å². The number of rotatable bonds is 7. The van der Waals surface area contributed by atoms with Crippen molar-refractivity contribution in [2.24, 2.45) is 0 Å². The number of carbonyl (C=O) groups is 1. The molecule has 0 fully saturated rings. The van der Waals surface area contributed by atoms with Crippen LogP contribution in [0.5, 0.6) is 0 Å². The summed E-state index contributed by atoms with van der Waals surface area (Å²) in [6.07, 6.45) is 0. The van der Waals surface area contributed by atoms with Crippen molar-refractivity contribution in [3.05, 3.63) is 91.9 Å². The molecule has 1 N–H and O–H groups in total. The van der Waals surface area contributed by atoms with E-state index >= 15 is 0 Å². The van der Waals surface area contributed by atoms with Gasteiger partial charge in [0.1, 0.15) is 0 Å². The smallest absolute Gasteiger partial charge is 0.243 e. The Morgan fingerprint density at radius 1 is 0.906 bits per heavy atom. The molecule has 0 aliphatic rings. The molecule has 5 nitrogen and oxygen atoms in total. The first-order valence-corrected chi connectivity index (χ1v) is 12.3. The molecule has 32 heavy (non-hydrogen) atoms. The first-order chi connectivity index (χ1) is 15.1. The Balaban J connectivity index is 1.95. The lowest BCUT2D eigenvalue weighted by Gasteiger charge is -2.23. The number of hydrogen-bond donors (Lipinski definition) is 1. The van der Waals surface area contributed by atoms with E-state index in [0.29, 0.717) is 31.3 Å². The highest BCUT2D eigenvalue weighted by atomic mass is 35.5. The molecule has 3 aromatic carbocycles. The molecule has 0 aromatic heterocycles. The Morgan fingerprint density at radius 2 is 1.50 bits per heavy atom. The third-order valence-electron chi connectivity index (χ3n) is 4.64. The van der Waals surface area contributed by atoms with Crippen LogP contribution in [0.2, 0.25) is 20.1 Å². The largest absolute Gasteiger partial charge is 0.325 e. The highest BCUT2D eigenvalue weighted by molar-refractivity contribution is 7.89. The van der Waals surface area contributed by atoms with Gasteiger partial charge in [-0.1, -0.05) is 58.5 Å². The molecule has 0 bridgehead atoms. The molecule has 168 valence electrons. The summed E-state index contributed by atoms with van der Waals surface area (Å²) in [5.74, 6) is -0.545. The number of benzene rings is 3. The number of halogens is 4. The molecule has 0 saturated heterocycles. The number of sulfonamides is 1. The van der Waals surface area contributed by atoms with Gasteiger partial charge in [0.05, 0.1) is 11.4 Å². The maximum atomic E-state index is 13.4. The number of carbonyl (C=O) groups excluding carboxylic acids is 1. The molecule has 3 aromatic rings. The fourth-order valence-electron chi connectivity index (χ4n) is 2.92. The van der Waals surface area contributed by atoms with Crippen molar-refractivity contribution >= 4 is 68.0 Å². The van der Waals surface area contributed by atoms with Gasteiger partial charge in [-0.2, -0.15) is 4.31 Å². The van der Waals surface area contributed by atoms with E-state index in [4.69, 9.17) is 46.4 Å². The molecule has 10 heteroatoms. The molecular formula is C22H18Cl4N2O3S. The third-order valence-corrected chi connectivity index (χ3v) is 7.64. The monoisotopic (exact) mass is 530 g/mol. The van der Waals surface area contributed by atoms with Gasteiger partial charge in [-0.05, 0) is 61.0 Å². The van der Waals surface area contributed by atoms with Crippen molar-refractivity contribution < 1.29 is 13.2 Å². The minimum Gasteiger partial charge on any atom is -0.325 e. The van der Waals surface area contributed by atoms with Gasteiger partial charge in [-0.15, -0.1) is 0 Å². The lowest BCUT2D eigenvalue weighted by molar-refractivity contribution is -0.116. The molecule has 0 spiro atoms. The molecule has 0 atom stereocenters. The Bertz CT molecular complexity index is 1230. The van der Waals surface area contributed by atoms with Crippen LogP contribution in [-0.4, -0.2) is 25.2 Å². The summed E-state index contributed by atoms with van der Waals surface area (Å²) in [7, 11) is -4.08. The number of nitrogens with one attached hydrogen (secondary N) is 1. The summed E-state index contributed by atoms with van der Waals surface area (Å²) >= 11 is 24.4. The zero-order valence-corrected chi connectivity index (χ0v) is 20.6. The Kier molecular flexibility index (Phi) is 8.09. The minimum atomic E-state index is -4.08. The molecule has 1 amide bonds. The predicted molar refractivity (Wildman–Crippen MR) is 130 cm³/mol. The zero-order valence-electron chi connectivity index (χ0n) is 16.8. The molecule has 0 aliphatic carbocycles. The quantitative estimate of drug-likeness (QED) is 0.381. The molecule has 0 unspecified atom stereocenters. The van der Waals surface area contributed by atoms with Crippen LogP contribution in [0.3, 0.4) is 0 Å². The Hall–Kier alpha value is -1.80. The van der Waals surface area contributed by atoms with Crippen LogP contribution in [0.25, 0.3) is 0 Å². The van der Waals surface area contributed by atoms with Crippen LogP contribution in [0, 0.1) is 6.92 Å².